The number of carbonyl (C=O) groups excluding carboxylic acids is 1. The van der Waals surface area contributed by atoms with Crippen molar-refractivity contribution in [2.45, 2.75) is 19.4 Å². The van der Waals surface area contributed by atoms with Crippen LogP contribution in [0.1, 0.15) is 28.0 Å². The summed E-state index contributed by atoms with van der Waals surface area (Å²) in [5, 5.41) is 5.81. The van der Waals surface area contributed by atoms with Crippen molar-refractivity contribution in [3.63, 3.8) is 0 Å². The van der Waals surface area contributed by atoms with Gasteiger partial charge in [0.05, 0.1) is 0 Å². The van der Waals surface area contributed by atoms with Gasteiger partial charge in [0, 0.05) is 24.8 Å². The molecule has 0 saturated carbocycles. The van der Waals surface area contributed by atoms with Gasteiger partial charge in [-0.15, -0.1) is 0 Å². The molecule has 2 aromatic carbocycles. The van der Waals surface area contributed by atoms with Crippen molar-refractivity contribution < 1.29 is 9.18 Å². The summed E-state index contributed by atoms with van der Waals surface area (Å²) in [4.78, 5) is 20.6. The molecular formula is C21H21FN4O. The van der Waals surface area contributed by atoms with E-state index in [9.17, 15) is 9.18 Å². The second-order valence-corrected chi connectivity index (χ2v) is 6.06. The maximum absolute atomic E-state index is 13.6. The van der Waals surface area contributed by atoms with Crippen molar-refractivity contribution in [1.29, 1.82) is 0 Å². The molecule has 0 spiro atoms. The lowest BCUT2D eigenvalue weighted by molar-refractivity contribution is 0.0945. The van der Waals surface area contributed by atoms with Gasteiger partial charge in [0.2, 0.25) is 5.95 Å². The summed E-state index contributed by atoms with van der Waals surface area (Å²) in [6.45, 7) is 0.810. The van der Waals surface area contributed by atoms with Crippen molar-refractivity contribution in [3.05, 3.63) is 89.5 Å². The second-order valence-electron chi connectivity index (χ2n) is 6.06. The van der Waals surface area contributed by atoms with Crippen LogP contribution in [-0.4, -0.2) is 22.4 Å². The van der Waals surface area contributed by atoms with Gasteiger partial charge in [0.1, 0.15) is 11.5 Å². The summed E-state index contributed by atoms with van der Waals surface area (Å²) in [6.07, 6.45) is 3.41. The molecule has 0 aliphatic carbocycles. The zero-order valence-corrected chi connectivity index (χ0v) is 14.9. The van der Waals surface area contributed by atoms with Crippen LogP contribution in [0.5, 0.6) is 0 Å². The smallest absolute Gasteiger partial charge is 0.270 e. The van der Waals surface area contributed by atoms with E-state index in [1.165, 1.54) is 23.9 Å². The predicted octanol–water partition coefficient (Wildman–Crippen LogP) is 3.59. The summed E-state index contributed by atoms with van der Waals surface area (Å²) >= 11 is 0. The monoisotopic (exact) mass is 364 g/mol. The molecule has 0 fully saturated rings. The third-order valence-corrected chi connectivity index (χ3v) is 4.05. The van der Waals surface area contributed by atoms with Crippen LogP contribution in [0.3, 0.4) is 0 Å². The van der Waals surface area contributed by atoms with E-state index in [0.29, 0.717) is 18.1 Å². The first-order chi connectivity index (χ1) is 13.2. The fraction of sp³-hybridized carbons (Fsp3) is 0.190. The minimum Gasteiger partial charge on any atom is -0.354 e. The number of rotatable bonds is 8. The number of carbonyl (C=O) groups is 1. The van der Waals surface area contributed by atoms with Gasteiger partial charge >= 0.3 is 0 Å². The molecule has 3 aromatic rings. The molecule has 0 aliphatic heterocycles. The van der Waals surface area contributed by atoms with Crippen molar-refractivity contribution in [2.75, 3.05) is 11.9 Å². The summed E-state index contributed by atoms with van der Waals surface area (Å²) in [5.41, 5.74) is 1.95. The van der Waals surface area contributed by atoms with Gasteiger partial charge in [-0.25, -0.2) is 14.4 Å². The molecule has 0 saturated heterocycles. The summed E-state index contributed by atoms with van der Waals surface area (Å²) in [5.74, 6) is -0.309. The average molecular weight is 364 g/mol. The minimum atomic E-state index is -0.368. The van der Waals surface area contributed by atoms with Crippen molar-refractivity contribution in [1.82, 2.24) is 15.3 Å². The molecule has 6 heteroatoms. The lowest BCUT2D eigenvalue weighted by atomic mass is 10.1. The van der Waals surface area contributed by atoms with Crippen LogP contribution in [0.15, 0.2) is 66.9 Å². The highest BCUT2D eigenvalue weighted by atomic mass is 19.1. The second kappa shape index (κ2) is 9.43. The van der Waals surface area contributed by atoms with Crippen LogP contribution in [0.2, 0.25) is 0 Å². The van der Waals surface area contributed by atoms with Crippen molar-refractivity contribution in [2.24, 2.45) is 0 Å². The van der Waals surface area contributed by atoms with E-state index in [2.05, 4.69) is 32.7 Å². The molecule has 138 valence electrons. The van der Waals surface area contributed by atoms with E-state index in [0.717, 1.165) is 12.8 Å². The molecule has 1 heterocycles. The largest absolute Gasteiger partial charge is 0.354 e. The van der Waals surface area contributed by atoms with Crippen LogP contribution >= 0.6 is 0 Å². The SMILES string of the molecule is O=C(NCc1ccccc1F)c1ccnc(NCCCc2ccccc2)n1. The van der Waals surface area contributed by atoms with Crippen LogP contribution in [0.4, 0.5) is 10.3 Å². The first-order valence-electron chi connectivity index (χ1n) is 8.85. The Labute approximate surface area is 157 Å². The fourth-order valence-corrected chi connectivity index (χ4v) is 2.62. The molecule has 1 amide bonds. The van der Waals surface area contributed by atoms with E-state index < -0.39 is 0 Å². The van der Waals surface area contributed by atoms with Gasteiger partial charge in [-0.1, -0.05) is 48.5 Å². The van der Waals surface area contributed by atoms with Crippen molar-refractivity contribution >= 4 is 11.9 Å². The lowest BCUT2D eigenvalue weighted by Crippen LogP contribution is -2.24. The van der Waals surface area contributed by atoms with E-state index in [4.69, 9.17) is 0 Å². The summed E-state index contributed by atoms with van der Waals surface area (Å²) < 4.78 is 13.6. The van der Waals surface area contributed by atoms with E-state index in [-0.39, 0.29) is 24.0 Å². The number of hydrogen-bond acceptors (Lipinski definition) is 4. The highest BCUT2D eigenvalue weighted by Crippen LogP contribution is 2.07. The van der Waals surface area contributed by atoms with Gasteiger partial charge in [-0.05, 0) is 30.5 Å². The molecule has 3 rings (SSSR count). The number of nitrogens with zero attached hydrogens (tertiary/aromatic N) is 2. The topological polar surface area (TPSA) is 66.9 Å². The number of halogens is 1. The maximum Gasteiger partial charge on any atom is 0.270 e. The van der Waals surface area contributed by atoms with E-state index in [1.54, 1.807) is 18.2 Å². The molecule has 5 nitrogen and oxygen atoms in total. The quantitative estimate of drug-likeness (QED) is 0.600. The lowest BCUT2D eigenvalue weighted by Gasteiger charge is -2.08. The zero-order chi connectivity index (χ0) is 18.9. The summed E-state index contributed by atoms with van der Waals surface area (Å²) in [6, 6.07) is 18.1. The van der Waals surface area contributed by atoms with Gasteiger partial charge in [-0.2, -0.15) is 0 Å². The Balaban J connectivity index is 1.49. The number of benzene rings is 2. The van der Waals surface area contributed by atoms with Gasteiger partial charge in [0.25, 0.3) is 5.91 Å². The maximum atomic E-state index is 13.6. The standard InChI is InChI=1S/C21H21FN4O/c22-18-11-5-4-10-17(18)15-25-20(27)19-12-14-24-21(26-19)23-13-6-9-16-7-2-1-3-8-16/h1-5,7-8,10-12,14H,6,9,13,15H2,(H,25,27)(H,23,24,26). The number of nitrogens with one attached hydrogen (secondary N) is 2. The number of amides is 1. The third kappa shape index (κ3) is 5.60. The van der Waals surface area contributed by atoms with Gasteiger partial charge in [0.15, 0.2) is 0 Å². The Hall–Kier alpha value is -3.28. The zero-order valence-electron chi connectivity index (χ0n) is 14.9. The summed E-state index contributed by atoms with van der Waals surface area (Å²) in [7, 11) is 0. The Bertz CT molecular complexity index is 886. The van der Waals surface area contributed by atoms with Crippen LogP contribution in [0.25, 0.3) is 0 Å². The fourth-order valence-electron chi connectivity index (χ4n) is 2.62. The first-order valence-corrected chi connectivity index (χ1v) is 8.85. The molecular weight excluding hydrogens is 343 g/mol. The Morgan fingerprint density at radius 3 is 2.59 bits per heavy atom. The molecule has 0 bridgehead atoms. The number of aryl methyl sites for hydroxylation is 1. The normalized spacial score (nSPS) is 10.4. The van der Waals surface area contributed by atoms with Crippen molar-refractivity contribution in [3.8, 4) is 0 Å². The van der Waals surface area contributed by atoms with Crippen LogP contribution in [-0.2, 0) is 13.0 Å². The molecule has 0 aliphatic rings. The molecule has 0 unspecified atom stereocenters. The number of aromatic nitrogens is 2. The van der Waals surface area contributed by atoms with Crippen LogP contribution < -0.4 is 10.6 Å². The highest BCUT2D eigenvalue weighted by molar-refractivity contribution is 5.92. The van der Waals surface area contributed by atoms with Gasteiger partial charge in [-0.3, -0.25) is 4.79 Å². The highest BCUT2D eigenvalue weighted by Gasteiger charge is 2.09. The number of hydrogen-bond donors (Lipinski definition) is 2. The Kier molecular flexibility index (Phi) is 6.46. The Morgan fingerprint density at radius 1 is 1.00 bits per heavy atom. The molecule has 1 aromatic heterocycles. The number of anilines is 1. The third-order valence-electron chi connectivity index (χ3n) is 4.05. The van der Waals surface area contributed by atoms with E-state index >= 15 is 0 Å². The van der Waals surface area contributed by atoms with E-state index in [1.807, 2.05) is 18.2 Å². The first kappa shape index (κ1) is 18.5. The minimum absolute atomic E-state index is 0.106. The Morgan fingerprint density at radius 2 is 1.78 bits per heavy atom. The predicted molar refractivity (Wildman–Crippen MR) is 103 cm³/mol. The average Bonchev–Trinajstić information content (AvgIpc) is 2.71. The van der Waals surface area contributed by atoms with Gasteiger partial charge < -0.3 is 10.6 Å². The molecule has 27 heavy (non-hydrogen) atoms. The molecule has 0 radical (unpaired) electrons. The molecule has 0 atom stereocenters. The van der Waals surface area contributed by atoms with Crippen LogP contribution in [0, 0.1) is 5.82 Å². The molecule has 2 N–H and O–H groups in total.